The molecular formula is C22H19N9. The number of pyridine rings is 1. The minimum atomic E-state index is 0.133. The topological polar surface area (TPSA) is 122 Å². The van der Waals surface area contributed by atoms with Crippen molar-refractivity contribution in [1.82, 2.24) is 29.9 Å². The number of anilines is 2. The Bertz CT molecular complexity index is 1280. The molecule has 1 saturated heterocycles. The largest absolute Gasteiger partial charge is 0.368 e. The van der Waals surface area contributed by atoms with Crippen LogP contribution in [-0.2, 0) is 6.54 Å². The van der Waals surface area contributed by atoms with Crippen molar-refractivity contribution in [2.45, 2.75) is 13.0 Å². The maximum atomic E-state index is 9.15. The van der Waals surface area contributed by atoms with Crippen molar-refractivity contribution < 1.29 is 0 Å². The van der Waals surface area contributed by atoms with Gasteiger partial charge < -0.3 is 10.6 Å². The fraction of sp³-hybridized carbons (Fsp3) is 0.182. The maximum Gasteiger partial charge on any atom is 0.221 e. The van der Waals surface area contributed by atoms with Gasteiger partial charge in [0.1, 0.15) is 11.5 Å². The van der Waals surface area contributed by atoms with Gasteiger partial charge in [-0.2, -0.15) is 5.26 Å². The summed E-state index contributed by atoms with van der Waals surface area (Å²) in [4.78, 5) is 15.6. The Balaban J connectivity index is 1.41. The lowest BCUT2D eigenvalue weighted by Crippen LogP contribution is -2.37. The van der Waals surface area contributed by atoms with E-state index in [0.717, 1.165) is 30.2 Å². The number of hydrogen-bond acceptors (Lipinski definition) is 8. The first kappa shape index (κ1) is 18.7. The molecule has 31 heavy (non-hydrogen) atoms. The molecule has 0 atom stereocenters. The van der Waals surface area contributed by atoms with Gasteiger partial charge in [-0.05, 0) is 36.8 Å². The monoisotopic (exact) mass is 409 g/mol. The number of hydrogen-bond donors (Lipinski definition) is 1. The lowest BCUT2D eigenvalue weighted by atomic mass is 10.1. The van der Waals surface area contributed by atoms with E-state index in [1.165, 1.54) is 6.42 Å². The number of nitrogen functional groups attached to an aromatic ring is 1. The molecule has 152 valence electrons. The zero-order valence-electron chi connectivity index (χ0n) is 16.7. The molecule has 4 aromatic rings. The summed E-state index contributed by atoms with van der Waals surface area (Å²) in [6.07, 6.45) is 3.03. The Kier molecular flexibility index (Phi) is 4.72. The number of nitriles is 1. The van der Waals surface area contributed by atoms with Crippen LogP contribution in [0.2, 0.25) is 0 Å². The van der Waals surface area contributed by atoms with E-state index in [1.807, 2.05) is 36.5 Å². The molecule has 1 aliphatic rings. The van der Waals surface area contributed by atoms with Crippen molar-refractivity contribution in [3.8, 4) is 28.7 Å². The van der Waals surface area contributed by atoms with Crippen LogP contribution in [0.1, 0.15) is 17.7 Å². The normalized spacial score (nSPS) is 12.9. The van der Waals surface area contributed by atoms with Crippen LogP contribution in [0.25, 0.3) is 22.6 Å². The number of rotatable bonds is 5. The summed E-state index contributed by atoms with van der Waals surface area (Å²) >= 11 is 0. The third kappa shape index (κ3) is 3.91. The molecule has 0 spiro atoms. The van der Waals surface area contributed by atoms with Crippen LogP contribution >= 0.6 is 0 Å². The van der Waals surface area contributed by atoms with Gasteiger partial charge in [-0.25, -0.2) is 19.6 Å². The van der Waals surface area contributed by atoms with Crippen molar-refractivity contribution in [3.63, 3.8) is 0 Å². The predicted molar refractivity (Wildman–Crippen MR) is 116 cm³/mol. The highest BCUT2D eigenvalue weighted by Gasteiger charge is 2.16. The van der Waals surface area contributed by atoms with Gasteiger partial charge in [0, 0.05) is 18.7 Å². The molecule has 2 N–H and O–H groups in total. The van der Waals surface area contributed by atoms with Crippen LogP contribution in [0, 0.1) is 11.3 Å². The van der Waals surface area contributed by atoms with E-state index in [9.17, 15) is 0 Å². The average Bonchev–Trinajstić information content (AvgIpc) is 3.21. The van der Waals surface area contributed by atoms with Crippen molar-refractivity contribution in [2.24, 2.45) is 0 Å². The van der Waals surface area contributed by atoms with Crippen LogP contribution in [0.15, 0.2) is 54.7 Å². The number of benzene rings is 1. The number of nitrogens with zero attached hydrogens (tertiary/aromatic N) is 8. The standard InChI is InChI=1S/C22H19N9/c23-12-15-4-1-5-16(10-15)18-11-19(27-22(24)26-18)20-14-31(29-28-20)13-17-6-2-7-21(25-17)30-8-3-9-30/h1-2,4-7,10-11,14H,3,8-9,13H2,(H2,24,26,27). The Morgan fingerprint density at radius 2 is 1.81 bits per heavy atom. The highest BCUT2D eigenvalue weighted by molar-refractivity contribution is 5.68. The Labute approximate surface area is 178 Å². The summed E-state index contributed by atoms with van der Waals surface area (Å²) < 4.78 is 1.73. The lowest BCUT2D eigenvalue weighted by Gasteiger charge is -2.32. The minimum absolute atomic E-state index is 0.133. The van der Waals surface area contributed by atoms with E-state index in [4.69, 9.17) is 16.0 Å². The summed E-state index contributed by atoms with van der Waals surface area (Å²) in [7, 11) is 0. The molecule has 3 aromatic heterocycles. The van der Waals surface area contributed by atoms with Crippen LogP contribution < -0.4 is 10.6 Å². The zero-order chi connectivity index (χ0) is 21.2. The molecule has 4 heterocycles. The van der Waals surface area contributed by atoms with Crippen LogP contribution in [0.4, 0.5) is 11.8 Å². The molecule has 0 bridgehead atoms. The predicted octanol–water partition coefficient (Wildman–Crippen LogP) is 2.51. The summed E-state index contributed by atoms with van der Waals surface area (Å²) in [6, 6.07) is 17.1. The fourth-order valence-electron chi connectivity index (χ4n) is 3.43. The molecule has 0 aliphatic carbocycles. The third-order valence-electron chi connectivity index (χ3n) is 5.13. The van der Waals surface area contributed by atoms with Gasteiger partial charge in [0.15, 0.2) is 0 Å². The molecule has 9 heteroatoms. The molecule has 9 nitrogen and oxygen atoms in total. The van der Waals surface area contributed by atoms with Crippen molar-refractivity contribution >= 4 is 11.8 Å². The molecule has 1 aliphatic heterocycles. The zero-order valence-corrected chi connectivity index (χ0v) is 16.7. The second-order valence-electron chi connectivity index (χ2n) is 7.32. The number of nitrogens with two attached hydrogens (primary N) is 1. The summed E-state index contributed by atoms with van der Waals surface area (Å²) in [6.45, 7) is 2.61. The summed E-state index contributed by atoms with van der Waals surface area (Å²) in [5.74, 6) is 1.13. The van der Waals surface area contributed by atoms with Crippen LogP contribution in [0.5, 0.6) is 0 Å². The molecule has 0 saturated carbocycles. The molecule has 1 fully saturated rings. The van der Waals surface area contributed by atoms with Gasteiger partial charge in [0.2, 0.25) is 5.95 Å². The lowest BCUT2D eigenvalue weighted by molar-refractivity contribution is 0.601. The second kappa shape index (κ2) is 7.84. The Hall–Kier alpha value is -4.32. The summed E-state index contributed by atoms with van der Waals surface area (Å²) in [5.41, 5.74) is 9.97. The van der Waals surface area contributed by atoms with Gasteiger partial charge in [0.25, 0.3) is 0 Å². The van der Waals surface area contributed by atoms with Gasteiger partial charge in [-0.3, -0.25) is 0 Å². The van der Waals surface area contributed by atoms with Crippen LogP contribution in [-0.4, -0.2) is 43.0 Å². The van der Waals surface area contributed by atoms with E-state index in [-0.39, 0.29) is 5.95 Å². The van der Waals surface area contributed by atoms with Crippen molar-refractivity contribution in [1.29, 1.82) is 5.26 Å². The minimum Gasteiger partial charge on any atom is -0.368 e. The Morgan fingerprint density at radius 3 is 2.61 bits per heavy atom. The highest BCUT2D eigenvalue weighted by Crippen LogP contribution is 2.24. The van der Waals surface area contributed by atoms with Gasteiger partial charge in [-0.15, -0.1) is 5.10 Å². The van der Waals surface area contributed by atoms with Gasteiger partial charge in [-0.1, -0.05) is 23.4 Å². The molecular weight excluding hydrogens is 390 g/mol. The molecule has 0 radical (unpaired) electrons. The fourth-order valence-corrected chi connectivity index (χ4v) is 3.43. The van der Waals surface area contributed by atoms with Gasteiger partial charge in [0.05, 0.1) is 41.5 Å². The SMILES string of the molecule is N#Cc1cccc(-c2cc(-c3cn(Cc4cccc(N5CCC5)n4)nn3)nc(N)n2)c1. The van der Waals surface area contributed by atoms with Crippen molar-refractivity contribution in [2.75, 3.05) is 23.7 Å². The van der Waals surface area contributed by atoms with Crippen LogP contribution in [0.3, 0.4) is 0 Å². The highest BCUT2D eigenvalue weighted by atomic mass is 15.4. The smallest absolute Gasteiger partial charge is 0.221 e. The molecule has 5 rings (SSSR count). The quantitative estimate of drug-likeness (QED) is 0.533. The molecule has 1 aromatic carbocycles. The maximum absolute atomic E-state index is 9.15. The Morgan fingerprint density at radius 1 is 0.968 bits per heavy atom. The van der Waals surface area contributed by atoms with Crippen molar-refractivity contribution in [3.05, 3.63) is 66.0 Å². The molecule has 0 unspecified atom stereocenters. The third-order valence-corrected chi connectivity index (χ3v) is 5.13. The first-order chi connectivity index (χ1) is 15.2. The van der Waals surface area contributed by atoms with E-state index in [2.05, 4.69) is 31.2 Å². The second-order valence-corrected chi connectivity index (χ2v) is 7.32. The summed E-state index contributed by atoms with van der Waals surface area (Å²) in [5, 5.41) is 17.6. The first-order valence-corrected chi connectivity index (χ1v) is 9.94. The van der Waals surface area contributed by atoms with E-state index in [1.54, 1.807) is 22.9 Å². The van der Waals surface area contributed by atoms with E-state index >= 15 is 0 Å². The van der Waals surface area contributed by atoms with E-state index in [0.29, 0.717) is 29.2 Å². The average molecular weight is 409 g/mol. The molecule has 0 amide bonds. The van der Waals surface area contributed by atoms with Gasteiger partial charge >= 0.3 is 0 Å². The number of aromatic nitrogens is 6. The van der Waals surface area contributed by atoms with E-state index < -0.39 is 0 Å². The first-order valence-electron chi connectivity index (χ1n) is 9.94.